The third-order valence-electron chi connectivity index (χ3n) is 1.86. The van der Waals surface area contributed by atoms with Crippen LogP contribution in [0.5, 0.6) is 0 Å². The molecule has 0 aliphatic carbocycles. The Kier molecular flexibility index (Phi) is 2.57. The predicted molar refractivity (Wildman–Crippen MR) is 49.6 cm³/mol. The standard InChI is InChI=1S/C9H12O3Se/c1-6-4-7(2)9(8(3)5-6)13(10,11)12/h4-5H,1-3H3,(H,10,11,12). The molecule has 1 N–H and O–H groups in total. The van der Waals surface area contributed by atoms with Gasteiger partial charge in [-0.2, -0.15) is 0 Å². The SMILES string of the molecule is Cc1cc(C)c([Se](=O)(=O)O)c(C)c1. The quantitative estimate of drug-likeness (QED) is 0.740. The molecule has 13 heavy (non-hydrogen) atoms. The van der Waals surface area contributed by atoms with Crippen LogP contribution in [0.1, 0.15) is 16.7 Å². The summed E-state index contributed by atoms with van der Waals surface area (Å²) in [5.74, 6) is 0. The Hall–Kier alpha value is -0.701. The zero-order chi connectivity index (χ0) is 10.2. The molecule has 0 aliphatic heterocycles. The fourth-order valence-electron chi connectivity index (χ4n) is 1.57. The van der Waals surface area contributed by atoms with Crippen LogP contribution in [0.4, 0.5) is 0 Å². The van der Waals surface area contributed by atoms with Crippen molar-refractivity contribution in [2.24, 2.45) is 0 Å². The van der Waals surface area contributed by atoms with E-state index in [0.29, 0.717) is 11.1 Å². The van der Waals surface area contributed by atoms with Crippen LogP contribution in [-0.2, 0) is 7.67 Å². The molecule has 0 amide bonds. The molecule has 0 unspecified atom stereocenters. The molecule has 3 nitrogen and oxygen atoms in total. The van der Waals surface area contributed by atoms with Gasteiger partial charge < -0.3 is 0 Å². The molecule has 0 aliphatic rings. The monoisotopic (exact) mass is 248 g/mol. The van der Waals surface area contributed by atoms with Crippen molar-refractivity contribution >= 4 is 17.5 Å². The molecule has 4 heteroatoms. The van der Waals surface area contributed by atoms with Crippen molar-refractivity contribution in [2.75, 3.05) is 0 Å². The summed E-state index contributed by atoms with van der Waals surface area (Å²) in [6.45, 7) is 5.27. The first-order valence-electron chi connectivity index (χ1n) is 3.87. The molecule has 0 saturated carbocycles. The topological polar surface area (TPSA) is 54.4 Å². The summed E-state index contributed by atoms with van der Waals surface area (Å²) < 4.78 is 31.1. The Morgan fingerprint density at radius 1 is 1.08 bits per heavy atom. The van der Waals surface area contributed by atoms with E-state index in [9.17, 15) is 7.67 Å². The van der Waals surface area contributed by atoms with Crippen LogP contribution in [0.2, 0.25) is 0 Å². The molecule has 0 spiro atoms. The van der Waals surface area contributed by atoms with Gasteiger partial charge in [-0.1, -0.05) is 0 Å². The predicted octanol–water partition coefficient (Wildman–Crippen LogP) is 0.611. The summed E-state index contributed by atoms with van der Waals surface area (Å²) >= 11 is -4.82. The van der Waals surface area contributed by atoms with Crippen molar-refractivity contribution in [1.29, 1.82) is 0 Å². The molecule has 0 aromatic heterocycles. The zero-order valence-corrected chi connectivity index (χ0v) is 9.54. The summed E-state index contributed by atoms with van der Waals surface area (Å²) in [4.78, 5) is 0. The van der Waals surface area contributed by atoms with Gasteiger partial charge in [0.1, 0.15) is 0 Å². The fraction of sp³-hybridized carbons (Fsp3) is 0.333. The summed E-state index contributed by atoms with van der Waals surface area (Å²) in [6, 6.07) is 3.50. The molecular formula is C9H12O3Se. The minimum atomic E-state index is -4.82. The van der Waals surface area contributed by atoms with E-state index >= 15 is 0 Å². The van der Waals surface area contributed by atoms with E-state index in [-0.39, 0.29) is 4.46 Å². The number of hydrogen-bond acceptors (Lipinski definition) is 2. The first kappa shape index (κ1) is 10.4. The van der Waals surface area contributed by atoms with E-state index in [0.717, 1.165) is 5.56 Å². The molecule has 0 radical (unpaired) electrons. The van der Waals surface area contributed by atoms with Gasteiger partial charge in [0, 0.05) is 0 Å². The molecule has 0 saturated heterocycles. The fourth-order valence-corrected chi connectivity index (χ4v) is 3.53. The van der Waals surface area contributed by atoms with Crippen molar-refractivity contribution in [1.82, 2.24) is 0 Å². The van der Waals surface area contributed by atoms with E-state index < -0.39 is 13.0 Å². The van der Waals surface area contributed by atoms with Crippen molar-refractivity contribution in [3.05, 3.63) is 28.8 Å². The second-order valence-electron chi connectivity index (χ2n) is 3.20. The summed E-state index contributed by atoms with van der Waals surface area (Å²) in [5.41, 5.74) is 2.23. The third-order valence-corrected chi connectivity index (χ3v) is 4.30. The number of hydrogen-bond donors (Lipinski definition) is 1. The molecule has 1 aromatic carbocycles. The third kappa shape index (κ3) is 2.15. The Labute approximate surface area is 79.4 Å². The molecule has 0 fully saturated rings. The van der Waals surface area contributed by atoms with Crippen LogP contribution in [0.15, 0.2) is 12.1 Å². The van der Waals surface area contributed by atoms with Gasteiger partial charge in [0.25, 0.3) is 0 Å². The van der Waals surface area contributed by atoms with Crippen LogP contribution in [0.25, 0.3) is 0 Å². The zero-order valence-electron chi connectivity index (χ0n) is 7.83. The Bertz CT molecular complexity index is 409. The van der Waals surface area contributed by atoms with Crippen LogP contribution in [-0.4, -0.2) is 17.2 Å². The number of rotatable bonds is 1. The van der Waals surface area contributed by atoms with Crippen molar-refractivity contribution in [2.45, 2.75) is 20.8 Å². The van der Waals surface area contributed by atoms with E-state index in [1.54, 1.807) is 26.0 Å². The molecule has 1 aromatic rings. The van der Waals surface area contributed by atoms with Gasteiger partial charge in [0.2, 0.25) is 0 Å². The van der Waals surface area contributed by atoms with Gasteiger partial charge in [-0.05, 0) is 0 Å². The summed E-state index contributed by atoms with van der Waals surface area (Å²) in [7, 11) is 0. The van der Waals surface area contributed by atoms with Crippen LogP contribution in [0, 0.1) is 20.8 Å². The van der Waals surface area contributed by atoms with E-state index in [4.69, 9.17) is 4.19 Å². The van der Waals surface area contributed by atoms with Crippen molar-refractivity contribution < 1.29 is 11.9 Å². The molecule has 0 bridgehead atoms. The van der Waals surface area contributed by atoms with Gasteiger partial charge in [0.15, 0.2) is 0 Å². The van der Waals surface area contributed by atoms with Gasteiger partial charge in [0.05, 0.1) is 0 Å². The average molecular weight is 247 g/mol. The first-order valence-corrected chi connectivity index (χ1v) is 6.90. The van der Waals surface area contributed by atoms with E-state index in [1.807, 2.05) is 6.92 Å². The maximum absolute atomic E-state index is 11.0. The van der Waals surface area contributed by atoms with Crippen LogP contribution in [0.3, 0.4) is 0 Å². The van der Waals surface area contributed by atoms with E-state index in [2.05, 4.69) is 0 Å². The number of benzene rings is 1. The second-order valence-corrected chi connectivity index (χ2v) is 6.05. The Morgan fingerprint density at radius 2 is 1.46 bits per heavy atom. The molecule has 1 rings (SSSR count). The van der Waals surface area contributed by atoms with Crippen molar-refractivity contribution in [3.8, 4) is 0 Å². The minimum absolute atomic E-state index is 0.0989. The van der Waals surface area contributed by atoms with Gasteiger partial charge >= 0.3 is 79.0 Å². The van der Waals surface area contributed by atoms with Gasteiger partial charge in [-0.3, -0.25) is 0 Å². The van der Waals surface area contributed by atoms with Crippen molar-refractivity contribution in [3.63, 3.8) is 0 Å². The molecule has 72 valence electrons. The molecule has 0 heterocycles. The average Bonchev–Trinajstić information content (AvgIpc) is 1.78. The van der Waals surface area contributed by atoms with Gasteiger partial charge in [-0.15, -0.1) is 0 Å². The normalized spacial score (nSPS) is 11.7. The molecule has 0 atom stereocenters. The van der Waals surface area contributed by atoms with Crippen LogP contribution >= 0.6 is 0 Å². The Morgan fingerprint density at radius 3 is 1.77 bits per heavy atom. The Balaban J connectivity index is 3.57. The van der Waals surface area contributed by atoms with E-state index in [1.165, 1.54) is 0 Å². The van der Waals surface area contributed by atoms with Crippen LogP contribution < -0.4 is 4.46 Å². The summed E-state index contributed by atoms with van der Waals surface area (Å²) in [5, 5.41) is 0. The van der Waals surface area contributed by atoms with Gasteiger partial charge in [-0.25, -0.2) is 0 Å². The maximum atomic E-state index is 11.0. The second kappa shape index (κ2) is 3.22. The summed E-state index contributed by atoms with van der Waals surface area (Å²) in [6.07, 6.45) is 0. The number of aryl methyl sites for hydroxylation is 3. The first-order chi connectivity index (χ1) is 5.82. The molecular weight excluding hydrogens is 235 g/mol.